The molecule has 3 nitrogen and oxygen atoms in total. The summed E-state index contributed by atoms with van der Waals surface area (Å²) in [7, 11) is 0. The van der Waals surface area contributed by atoms with Crippen LogP contribution in [-0.2, 0) is 9.53 Å². The fourth-order valence-corrected chi connectivity index (χ4v) is 1.62. The SMILES string of the molecule is CCCCCC#CCC(C=O)OC(=O)c1ccccc1. The third kappa shape index (κ3) is 6.19. The molecular formula is C17H20O3. The van der Waals surface area contributed by atoms with Gasteiger partial charge in [0.25, 0.3) is 0 Å². The Kier molecular flexibility index (Phi) is 7.83. The van der Waals surface area contributed by atoms with Crippen LogP contribution < -0.4 is 0 Å². The normalized spacial score (nSPS) is 11.1. The molecule has 1 rings (SSSR count). The number of carbonyl (C=O) groups is 2. The van der Waals surface area contributed by atoms with Gasteiger partial charge < -0.3 is 4.74 Å². The van der Waals surface area contributed by atoms with Crippen LogP contribution in [0.2, 0.25) is 0 Å². The molecule has 0 radical (unpaired) electrons. The molecule has 1 unspecified atom stereocenters. The van der Waals surface area contributed by atoms with Crippen molar-refractivity contribution in [3.05, 3.63) is 35.9 Å². The van der Waals surface area contributed by atoms with E-state index in [9.17, 15) is 9.59 Å². The van der Waals surface area contributed by atoms with Crippen molar-refractivity contribution in [3.63, 3.8) is 0 Å². The molecule has 0 N–H and O–H groups in total. The zero-order chi connectivity index (χ0) is 14.6. The minimum absolute atomic E-state index is 0.258. The Morgan fingerprint density at radius 1 is 1.25 bits per heavy atom. The van der Waals surface area contributed by atoms with Crippen LogP contribution in [0.5, 0.6) is 0 Å². The highest BCUT2D eigenvalue weighted by Crippen LogP contribution is 2.05. The number of aldehydes is 1. The molecule has 0 saturated heterocycles. The van der Waals surface area contributed by atoms with Crippen molar-refractivity contribution in [2.75, 3.05) is 0 Å². The summed E-state index contributed by atoms with van der Waals surface area (Å²) < 4.78 is 5.10. The Morgan fingerprint density at radius 2 is 2.00 bits per heavy atom. The first-order valence-electron chi connectivity index (χ1n) is 6.95. The summed E-state index contributed by atoms with van der Waals surface area (Å²) in [6.07, 6.45) is 4.31. The van der Waals surface area contributed by atoms with Crippen LogP contribution >= 0.6 is 0 Å². The maximum absolute atomic E-state index is 11.8. The van der Waals surface area contributed by atoms with E-state index < -0.39 is 12.1 Å². The summed E-state index contributed by atoms with van der Waals surface area (Å²) in [5.41, 5.74) is 0.440. The van der Waals surface area contributed by atoms with Gasteiger partial charge in [-0.05, 0) is 18.6 Å². The van der Waals surface area contributed by atoms with E-state index in [1.807, 2.05) is 6.07 Å². The molecule has 20 heavy (non-hydrogen) atoms. The van der Waals surface area contributed by atoms with Crippen LogP contribution in [0.1, 0.15) is 49.4 Å². The van der Waals surface area contributed by atoms with Gasteiger partial charge in [-0.25, -0.2) is 4.79 Å². The third-order valence-electron chi connectivity index (χ3n) is 2.75. The molecule has 0 saturated carbocycles. The van der Waals surface area contributed by atoms with Crippen LogP contribution in [-0.4, -0.2) is 18.4 Å². The van der Waals surface area contributed by atoms with Crippen LogP contribution in [0.3, 0.4) is 0 Å². The Morgan fingerprint density at radius 3 is 2.65 bits per heavy atom. The molecule has 0 bridgehead atoms. The lowest BCUT2D eigenvalue weighted by Crippen LogP contribution is -2.19. The van der Waals surface area contributed by atoms with Crippen molar-refractivity contribution in [2.45, 2.75) is 45.1 Å². The molecule has 0 aliphatic rings. The van der Waals surface area contributed by atoms with Crippen molar-refractivity contribution in [1.29, 1.82) is 0 Å². The molecule has 0 fully saturated rings. The summed E-state index contributed by atoms with van der Waals surface area (Å²) in [4.78, 5) is 22.7. The van der Waals surface area contributed by atoms with E-state index in [-0.39, 0.29) is 6.42 Å². The van der Waals surface area contributed by atoms with Crippen LogP contribution in [0.4, 0.5) is 0 Å². The van der Waals surface area contributed by atoms with Gasteiger partial charge in [0.05, 0.1) is 12.0 Å². The van der Waals surface area contributed by atoms with Crippen LogP contribution in [0.15, 0.2) is 30.3 Å². The van der Waals surface area contributed by atoms with E-state index in [4.69, 9.17) is 4.74 Å². The molecule has 0 aromatic heterocycles. The average Bonchev–Trinajstić information content (AvgIpc) is 2.50. The van der Waals surface area contributed by atoms with E-state index in [0.717, 1.165) is 25.7 Å². The Bertz CT molecular complexity index is 468. The van der Waals surface area contributed by atoms with Gasteiger partial charge in [-0.15, -0.1) is 5.92 Å². The second kappa shape index (κ2) is 9.80. The topological polar surface area (TPSA) is 43.4 Å². The highest BCUT2D eigenvalue weighted by molar-refractivity contribution is 5.90. The monoisotopic (exact) mass is 272 g/mol. The van der Waals surface area contributed by atoms with E-state index >= 15 is 0 Å². The van der Waals surface area contributed by atoms with E-state index in [2.05, 4.69) is 18.8 Å². The first-order chi connectivity index (χ1) is 9.77. The lowest BCUT2D eigenvalue weighted by molar-refractivity contribution is -0.115. The molecular weight excluding hydrogens is 252 g/mol. The van der Waals surface area contributed by atoms with Crippen LogP contribution in [0.25, 0.3) is 0 Å². The molecule has 0 aliphatic heterocycles. The van der Waals surface area contributed by atoms with E-state index in [1.165, 1.54) is 0 Å². The lowest BCUT2D eigenvalue weighted by Gasteiger charge is -2.08. The van der Waals surface area contributed by atoms with E-state index in [0.29, 0.717) is 11.8 Å². The number of unbranched alkanes of at least 4 members (excludes halogenated alkanes) is 3. The van der Waals surface area contributed by atoms with Gasteiger partial charge in [-0.2, -0.15) is 0 Å². The lowest BCUT2D eigenvalue weighted by atomic mass is 10.2. The Hall–Kier alpha value is -2.08. The van der Waals surface area contributed by atoms with Gasteiger partial charge in [0.15, 0.2) is 12.4 Å². The van der Waals surface area contributed by atoms with Crippen molar-refractivity contribution >= 4 is 12.3 Å². The summed E-state index contributed by atoms with van der Waals surface area (Å²) in [5.74, 6) is 5.40. The van der Waals surface area contributed by atoms with Crippen LogP contribution in [0, 0.1) is 11.8 Å². The molecule has 106 valence electrons. The molecule has 3 heteroatoms. The zero-order valence-corrected chi connectivity index (χ0v) is 11.8. The van der Waals surface area contributed by atoms with Gasteiger partial charge in [0.2, 0.25) is 0 Å². The second-order valence-corrected chi connectivity index (χ2v) is 4.46. The molecule has 0 amide bonds. The molecule has 0 aliphatic carbocycles. The summed E-state index contributed by atoms with van der Waals surface area (Å²) in [6.45, 7) is 2.14. The number of ether oxygens (including phenoxy) is 1. The molecule has 1 aromatic rings. The standard InChI is InChI=1S/C17H20O3/c1-2-3-4-5-6-10-13-16(14-18)20-17(19)15-11-8-7-9-12-15/h7-9,11-12,14,16H,2-5,13H2,1H3. The molecule has 1 aromatic carbocycles. The number of hydrogen-bond acceptors (Lipinski definition) is 3. The third-order valence-corrected chi connectivity index (χ3v) is 2.75. The number of carbonyl (C=O) groups excluding carboxylic acids is 2. The number of rotatable bonds is 7. The minimum atomic E-state index is -0.790. The fourth-order valence-electron chi connectivity index (χ4n) is 1.62. The van der Waals surface area contributed by atoms with Gasteiger partial charge in [-0.3, -0.25) is 4.79 Å². The van der Waals surface area contributed by atoms with Crippen molar-refractivity contribution in [3.8, 4) is 11.8 Å². The maximum Gasteiger partial charge on any atom is 0.338 e. The number of hydrogen-bond donors (Lipinski definition) is 0. The van der Waals surface area contributed by atoms with Crippen molar-refractivity contribution in [1.82, 2.24) is 0 Å². The molecule has 1 atom stereocenters. The van der Waals surface area contributed by atoms with Gasteiger partial charge in [0.1, 0.15) is 0 Å². The smallest absolute Gasteiger partial charge is 0.338 e. The summed E-state index contributed by atoms with van der Waals surface area (Å²) >= 11 is 0. The number of esters is 1. The van der Waals surface area contributed by atoms with Gasteiger partial charge >= 0.3 is 5.97 Å². The Balaban J connectivity index is 2.39. The fraction of sp³-hybridized carbons (Fsp3) is 0.412. The summed E-state index contributed by atoms with van der Waals surface area (Å²) in [5, 5.41) is 0. The predicted molar refractivity (Wildman–Crippen MR) is 78.2 cm³/mol. The maximum atomic E-state index is 11.8. The highest BCUT2D eigenvalue weighted by atomic mass is 16.5. The number of benzene rings is 1. The zero-order valence-electron chi connectivity index (χ0n) is 11.8. The quantitative estimate of drug-likeness (QED) is 0.331. The second-order valence-electron chi connectivity index (χ2n) is 4.46. The molecule has 0 spiro atoms. The van der Waals surface area contributed by atoms with Crippen molar-refractivity contribution < 1.29 is 14.3 Å². The van der Waals surface area contributed by atoms with Crippen molar-refractivity contribution in [2.24, 2.45) is 0 Å². The highest BCUT2D eigenvalue weighted by Gasteiger charge is 2.13. The predicted octanol–water partition coefficient (Wildman–Crippen LogP) is 3.38. The Labute approximate surface area is 120 Å². The van der Waals surface area contributed by atoms with Gasteiger partial charge in [-0.1, -0.05) is 43.9 Å². The van der Waals surface area contributed by atoms with E-state index in [1.54, 1.807) is 24.3 Å². The van der Waals surface area contributed by atoms with Gasteiger partial charge in [0, 0.05) is 6.42 Å². The molecule has 0 heterocycles. The minimum Gasteiger partial charge on any atom is -0.450 e. The first kappa shape index (κ1) is 16.0. The average molecular weight is 272 g/mol. The largest absolute Gasteiger partial charge is 0.450 e. The summed E-state index contributed by atoms with van der Waals surface area (Å²) in [6, 6.07) is 8.62. The first-order valence-corrected chi connectivity index (χ1v) is 6.95.